The normalized spacial score (nSPS) is 23.9. The van der Waals surface area contributed by atoms with Gasteiger partial charge in [-0.15, -0.1) is 11.8 Å². The highest BCUT2D eigenvalue weighted by Gasteiger charge is 2.60. The highest BCUT2D eigenvalue weighted by Crippen LogP contribution is 2.40. The number of amides is 1. The van der Waals surface area contributed by atoms with Crippen molar-refractivity contribution in [2.75, 3.05) is 18.6 Å². The van der Waals surface area contributed by atoms with Gasteiger partial charge in [-0.3, -0.25) is 9.69 Å². The number of esters is 1. The van der Waals surface area contributed by atoms with Crippen LogP contribution in [0.1, 0.15) is 20.8 Å². The van der Waals surface area contributed by atoms with Gasteiger partial charge in [0.25, 0.3) is 5.91 Å². The average Bonchev–Trinajstić information content (AvgIpc) is 2.59. The fourth-order valence-corrected chi connectivity index (χ4v) is 6.11. The van der Waals surface area contributed by atoms with Crippen molar-refractivity contribution in [3.05, 3.63) is 35.7 Å². The first-order valence-corrected chi connectivity index (χ1v) is 11.3. The summed E-state index contributed by atoms with van der Waals surface area (Å²) in [6, 6.07) is 5.37. The zero-order valence-corrected chi connectivity index (χ0v) is 17.7. The predicted octanol–water partition coefficient (Wildman–Crippen LogP) is 1.38. The summed E-state index contributed by atoms with van der Waals surface area (Å²) in [6.07, 6.45) is 0.522. The van der Waals surface area contributed by atoms with Gasteiger partial charge in [0.2, 0.25) is 0 Å². The molecule has 1 fully saturated rings. The molecule has 3 rings (SSSR count). The Morgan fingerprint density at radius 2 is 2.07 bits per heavy atom. The van der Waals surface area contributed by atoms with E-state index < -0.39 is 38.8 Å². The van der Waals surface area contributed by atoms with Gasteiger partial charge in [-0.25, -0.2) is 18.2 Å². The number of pyridine rings is 1. The van der Waals surface area contributed by atoms with Gasteiger partial charge >= 0.3 is 5.97 Å². The number of ether oxygens (including phenoxy) is 2. The van der Waals surface area contributed by atoms with E-state index in [1.807, 2.05) is 6.07 Å². The minimum atomic E-state index is -3.70. The molecule has 1 aromatic rings. The Bertz CT molecular complexity index is 921. The molecule has 0 bridgehead atoms. The number of hydrogen-bond acceptors (Lipinski definition) is 8. The zero-order chi connectivity index (χ0) is 20.7. The number of carbonyl (C=O) groups excluding carboxylic acids is 2. The third-order valence-electron chi connectivity index (χ3n) is 4.19. The van der Waals surface area contributed by atoms with Gasteiger partial charge < -0.3 is 9.47 Å². The fraction of sp³-hybridized carbons (Fsp3) is 0.500. The van der Waals surface area contributed by atoms with Crippen molar-refractivity contribution >= 4 is 33.5 Å². The Balaban J connectivity index is 1.99. The number of sulfone groups is 1. The largest absolute Gasteiger partial charge is 0.455 e. The van der Waals surface area contributed by atoms with E-state index in [1.54, 1.807) is 39.1 Å². The van der Waals surface area contributed by atoms with Gasteiger partial charge in [-0.05, 0) is 38.5 Å². The second-order valence-corrected chi connectivity index (χ2v) is 10.6. The summed E-state index contributed by atoms with van der Waals surface area (Å²) in [5.74, 6) is -1.42. The highest BCUT2D eigenvalue weighted by molar-refractivity contribution is 7.99. The van der Waals surface area contributed by atoms with Crippen LogP contribution >= 0.6 is 11.8 Å². The van der Waals surface area contributed by atoms with Crippen molar-refractivity contribution in [1.29, 1.82) is 0 Å². The van der Waals surface area contributed by atoms with Crippen molar-refractivity contribution in [3.8, 4) is 0 Å². The summed E-state index contributed by atoms with van der Waals surface area (Å²) in [5.41, 5.74) is -0.468. The first kappa shape index (κ1) is 20.8. The van der Waals surface area contributed by atoms with E-state index in [9.17, 15) is 18.0 Å². The van der Waals surface area contributed by atoms with E-state index in [4.69, 9.17) is 9.47 Å². The van der Waals surface area contributed by atoms with Crippen LogP contribution in [0.2, 0.25) is 0 Å². The molecule has 10 heteroatoms. The maximum absolute atomic E-state index is 12.8. The Morgan fingerprint density at radius 3 is 2.64 bits per heavy atom. The topological polar surface area (TPSA) is 103 Å². The molecule has 0 spiro atoms. The maximum atomic E-state index is 12.8. The second kappa shape index (κ2) is 7.49. The number of rotatable bonds is 5. The maximum Gasteiger partial charge on any atom is 0.355 e. The van der Waals surface area contributed by atoms with Crippen molar-refractivity contribution in [2.24, 2.45) is 0 Å². The number of aromatic nitrogens is 1. The van der Waals surface area contributed by atoms with E-state index >= 15 is 0 Å². The van der Waals surface area contributed by atoms with Crippen LogP contribution in [0, 0.1) is 0 Å². The van der Waals surface area contributed by atoms with Crippen LogP contribution in [0.4, 0.5) is 0 Å². The standard InChI is InChI=1S/C18H22N2O6S2/c1-18(2,3)26-17(22)13-11(9-27-12-7-5-6-8-19-12)10-28(23,24)16-14(25-4)15(21)20(13)16/h5-8,14,16H,9-10H2,1-4H3/t14-,16?/m0/s1. The minimum absolute atomic E-state index is 0.00326. The van der Waals surface area contributed by atoms with Gasteiger partial charge in [-0.2, -0.15) is 0 Å². The third-order valence-corrected chi connectivity index (χ3v) is 7.17. The molecule has 3 heterocycles. The SMILES string of the molecule is CO[C@H]1C(=O)N2C(C(=O)OC(C)(C)C)=C(CSc3ccccn3)CS(=O)(=O)C12. The lowest BCUT2D eigenvalue weighted by Gasteiger charge is -2.48. The van der Waals surface area contributed by atoms with Crippen molar-refractivity contribution < 1.29 is 27.5 Å². The molecule has 0 saturated carbocycles. The molecule has 2 aliphatic heterocycles. The third kappa shape index (κ3) is 3.94. The fourth-order valence-electron chi connectivity index (χ4n) is 3.08. The molecule has 1 aromatic heterocycles. The quantitative estimate of drug-likeness (QED) is 0.395. The van der Waals surface area contributed by atoms with Crippen LogP contribution in [0.25, 0.3) is 0 Å². The molecule has 0 N–H and O–H groups in total. The van der Waals surface area contributed by atoms with E-state index in [0.717, 1.165) is 4.90 Å². The monoisotopic (exact) mass is 426 g/mol. The lowest BCUT2D eigenvalue weighted by atomic mass is 10.1. The predicted molar refractivity (Wildman–Crippen MR) is 103 cm³/mol. The summed E-state index contributed by atoms with van der Waals surface area (Å²) in [4.78, 5) is 30.5. The number of β-lactam (4-membered cyclic amide) rings is 1. The number of hydrogen-bond donors (Lipinski definition) is 0. The summed E-state index contributed by atoms with van der Waals surface area (Å²) in [6.45, 7) is 5.13. The molecule has 28 heavy (non-hydrogen) atoms. The molecular weight excluding hydrogens is 404 g/mol. The number of fused-ring (bicyclic) bond motifs is 1. The number of thioether (sulfide) groups is 1. The molecule has 1 unspecified atom stereocenters. The smallest absolute Gasteiger partial charge is 0.355 e. The van der Waals surface area contributed by atoms with Crippen LogP contribution in [-0.4, -0.2) is 65.9 Å². The van der Waals surface area contributed by atoms with Gasteiger partial charge in [0, 0.05) is 19.1 Å². The highest BCUT2D eigenvalue weighted by atomic mass is 32.2. The molecule has 8 nitrogen and oxygen atoms in total. The molecule has 0 radical (unpaired) electrons. The summed E-state index contributed by atoms with van der Waals surface area (Å²) >= 11 is 1.29. The van der Waals surface area contributed by atoms with Crippen LogP contribution in [-0.2, 0) is 28.9 Å². The molecule has 152 valence electrons. The van der Waals surface area contributed by atoms with Crippen LogP contribution < -0.4 is 0 Å². The van der Waals surface area contributed by atoms with Crippen LogP contribution in [0.3, 0.4) is 0 Å². The molecular formula is C18H22N2O6S2. The van der Waals surface area contributed by atoms with Gasteiger partial charge in [0.05, 0.1) is 10.8 Å². The summed E-state index contributed by atoms with van der Waals surface area (Å²) in [5, 5.41) is -0.515. The molecule has 0 aliphatic carbocycles. The number of methoxy groups -OCH3 is 1. The van der Waals surface area contributed by atoms with E-state index in [0.29, 0.717) is 10.6 Å². The average molecular weight is 427 g/mol. The lowest BCUT2D eigenvalue weighted by molar-refractivity contribution is -0.167. The Morgan fingerprint density at radius 1 is 1.36 bits per heavy atom. The van der Waals surface area contributed by atoms with Gasteiger partial charge in [-0.1, -0.05) is 6.07 Å². The Kier molecular flexibility index (Phi) is 5.57. The molecule has 1 amide bonds. The Labute approximate surface area is 168 Å². The Hall–Kier alpha value is -1.91. The molecule has 0 aromatic carbocycles. The van der Waals surface area contributed by atoms with E-state index in [1.165, 1.54) is 18.9 Å². The van der Waals surface area contributed by atoms with Crippen LogP contribution in [0.5, 0.6) is 0 Å². The summed E-state index contributed by atoms with van der Waals surface area (Å²) in [7, 11) is -2.42. The lowest BCUT2D eigenvalue weighted by Crippen LogP contribution is -2.70. The first-order chi connectivity index (χ1) is 13.0. The van der Waals surface area contributed by atoms with Crippen molar-refractivity contribution in [1.82, 2.24) is 9.88 Å². The second-order valence-electron chi connectivity index (χ2n) is 7.47. The summed E-state index contributed by atoms with van der Waals surface area (Å²) < 4.78 is 36.0. The van der Waals surface area contributed by atoms with Gasteiger partial charge in [0.1, 0.15) is 11.3 Å². The van der Waals surface area contributed by atoms with Crippen LogP contribution in [0.15, 0.2) is 40.7 Å². The zero-order valence-electron chi connectivity index (χ0n) is 16.0. The van der Waals surface area contributed by atoms with E-state index in [2.05, 4.69) is 4.98 Å². The number of nitrogens with zero attached hydrogens (tertiary/aromatic N) is 2. The first-order valence-electron chi connectivity index (χ1n) is 8.62. The molecule has 1 saturated heterocycles. The van der Waals surface area contributed by atoms with Gasteiger partial charge in [0.15, 0.2) is 21.3 Å². The minimum Gasteiger partial charge on any atom is -0.455 e. The van der Waals surface area contributed by atoms with Crippen molar-refractivity contribution in [2.45, 2.75) is 42.9 Å². The molecule has 2 aliphatic rings. The van der Waals surface area contributed by atoms with E-state index in [-0.39, 0.29) is 17.2 Å². The number of carbonyl (C=O) groups is 2. The molecule has 2 atom stereocenters. The van der Waals surface area contributed by atoms with Crippen molar-refractivity contribution in [3.63, 3.8) is 0 Å².